The summed E-state index contributed by atoms with van der Waals surface area (Å²) in [5.74, 6) is 0.735. The van der Waals surface area contributed by atoms with Gasteiger partial charge in [-0.25, -0.2) is 0 Å². The third-order valence-corrected chi connectivity index (χ3v) is 2.07. The molecule has 1 rings (SSSR count). The number of ether oxygens (including phenoxy) is 2. The molecule has 1 atom stereocenters. The molecule has 5 heteroatoms. The standard InChI is InChI=1S/C12H16O5/c1-2-16-11-5-3-4-9(6-13)12(11)17-8-10(15)7-14/h3-6,10,14-15H,2,7-8H2,1H3. The highest BCUT2D eigenvalue weighted by atomic mass is 16.5. The number of rotatable bonds is 7. The molecule has 1 unspecified atom stereocenters. The molecular formula is C12H16O5. The zero-order valence-corrected chi connectivity index (χ0v) is 9.63. The summed E-state index contributed by atoms with van der Waals surface area (Å²) in [5, 5.41) is 17.9. The minimum Gasteiger partial charge on any atom is -0.490 e. The highest BCUT2D eigenvalue weighted by Gasteiger charge is 2.12. The van der Waals surface area contributed by atoms with Crippen molar-refractivity contribution in [1.29, 1.82) is 0 Å². The second-order valence-corrected chi connectivity index (χ2v) is 3.37. The fourth-order valence-electron chi connectivity index (χ4n) is 1.28. The van der Waals surface area contributed by atoms with Crippen molar-refractivity contribution in [2.24, 2.45) is 0 Å². The van der Waals surface area contributed by atoms with Gasteiger partial charge in [0.05, 0.1) is 18.8 Å². The van der Waals surface area contributed by atoms with Crippen molar-refractivity contribution in [2.45, 2.75) is 13.0 Å². The Kier molecular flexibility index (Phi) is 5.45. The van der Waals surface area contributed by atoms with Crippen LogP contribution >= 0.6 is 0 Å². The Labute approximate surface area is 99.6 Å². The van der Waals surface area contributed by atoms with Gasteiger partial charge in [0.1, 0.15) is 12.7 Å². The Morgan fingerprint density at radius 2 is 2.18 bits per heavy atom. The molecule has 0 amide bonds. The molecule has 17 heavy (non-hydrogen) atoms. The lowest BCUT2D eigenvalue weighted by atomic mass is 10.2. The summed E-state index contributed by atoms with van der Waals surface area (Å²) in [6.07, 6.45) is -0.326. The molecule has 94 valence electrons. The average molecular weight is 240 g/mol. The lowest BCUT2D eigenvalue weighted by molar-refractivity contribution is 0.0522. The first-order valence-electron chi connectivity index (χ1n) is 5.35. The van der Waals surface area contributed by atoms with Crippen LogP contribution in [-0.4, -0.2) is 42.4 Å². The minimum atomic E-state index is -0.982. The van der Waals surface area contributed by atoms with E-state index in [1.807, 2.05) is 6.92 Å². The molecule has 0 spiro atoms. The van der Waals surface area contributed by atoms with Crippen LogP contribution < -0.4 is 9.47 Å². The highest BCUT2D eigenvalue weighted by molar-refractivity contribution is 5.81. The van der Waals surface area contributed by atoms with E-state index in [9.17, 15) is 9.90 Å². The average Bonchev–Trinajstić information content (AvgIpc) is 2.36. The van der Waals surface area contributed by atoms with Crippen LogP contribution in [0.15, 0.2) is 18.2 Å². The zero-order chi connectivity index (χ0) is 12.7. The molecule has 0 fully saturated rings. The predicted octanol–water partition coefficient (Wildman–Crippen LogP) is 0.630. The normalized spacial score (nSPS) is 11.9. The lowest BCUT2D eigenvalue weighted by Crippen LogP contribution is -2.21. The van der Waals surface area contributed by atoms with Crippen LogP contribution in [0.25, 0.3) is 0 Å². The van der Waals surface area contributed by atoms with Gasteiger partial charge in [-0.15, -0.1) is 0 Å². The molecular weight excluding hydrogens is 224 g/mol. The van der Waals surface area contributed by atoms with Gasteiger partial charge in [0, 0.05) is 0 Å². The molecule has 0 radical (unpaired) electrons. The van der Waals surface area contributed by atoms with Crippen LogP contribution in [0.1, 0.15) is 17.3 Å². The van der Waals surface area contributed by atoms with Crippen molar-refractivity contribution in [3.05, 3.63) is 23.8 Å². The highest BCUT2D eigenvalue weighted by Crippen LogP contribution is 2.30. The van der Waals surface area contributed by atoms with E-state index in [4.69, 9.17) is 14.6 Å². The maximum Gasteiger partial charge on any atom is 0.171 e. The Bertz CT molecular complexity index is 364. The van der Waals surface area contributed by atoms with Gasteiger partial charge >= 0.3 is 0 Å². The summed E-state index contributed by atoms with van der Waals surface area (Å²) >= 11 is 0. The van der Waals surface area contributed by atoms with Crippen molar-refractivity contribution < 1.29 is 24.5 Å². The third kappa shape index (κ3) is 3.72. The molecule has 0 aliphatic carbocycles. The summed E-state index contributed by atoms with van der Waals surface area (Å²) in [6, 6.07) is 4.96. The van der Waals surface area contributed by atoms with E-state index in [0.717, 1.165) is 0 Å². The molecule has 0 aliphatic rings. The van der Waals surface area contributed by atoms with Gasteiger partial charge in [0.25, 0.3) is 0 Å². The third-order valence-electron chi connectivity index (χ3n) is 2.07. The monoisotopic (exact) mass is 240 g/mol. The topological polar surface area (TPSA) is 76.0 Å². The molecule has 0 saturated heterocycles. The molecule has 0 aliphatic heterocycles. The van der Waals surface area contributed by atoms with Gasteiger partial charge in [-0.3, -0.25) is 4.79 Å². The van der Waals surface area contributed by atoms with E-state index < -0.39 is 12.7 Å². The summed E-state index contributed by atoms with van der Waals surface area (Å²) in [4.78, 5) is 10.9. The molecule has 0 bridgehead atoms. The first-order chi connectivity index (χ1) is 8.22. The zero-order valence-electron chi connectivity index (χ0n) is 9.63. The van der Waals surface area contributed by atoms with E-state index in [2.05, 4.69) is 0 Å². The first-order valence-corrected chi connectivity index (χ1v) is 5.35. The molecule has 2 N–H and O–H groups in total. The van der Waals surface area contributed by atoms with Gasteiger partial charge in [-0.05, 0) is 19.1 Å². The summed E-state index contributed by atoms with van der Waals surface area (Å²) in [7, 11) is 0. The second kappa shape index (κ2) is 6.88. The quantitative estimate of drug-likeness (QED) is 0.684. The number of aldehydes is 1. The van der Waals surface area contributed by atoms with Gasteiger partial charge in [0.2, 0.25) is 0 Å². The fraction of sp³-hybridized carbons (Fsp3) is 0.417. The van der Waals surface area contributed by atoms with E-state index in [-0.39, 0.29) is 12.4 Å². The summed E-state index contributed by atoms with van der Waals surface area (Å²) in [6.45, 7) is 1.77. The lowest BCUT2D eigenvalue weighted by Gasteiger charge is -2.15. The van der Waals surface area contributed by atoms with Crippen molar-refractivity contribution in [1.82, 2.24) is 0 Å². The Balaban J connectivity index is 2.88. The van der Waals surface area contributed by atoms with Gasteiger partial charge in [-0.1, -0.05) is 6.07 Å². The van der Waals surface area contributed by atoms with Gasteiger partial charge in [-0.2, -0.15) is 0 Å². The van der Waals surface area contributed by atoms with Crippen LogP contribution in [0.5, 0.6) is 11.5 Å². The van der Waals surface area contributed by atoms with E-state index in [1.54, 1.807) is 18.2 Å². The Morgan fingerprint density at radius 1 is 1.41 bits per heavy atom. The molecule has 0 saturated carbocycles. The van der Waals surface area contributed by atoms with Crippen molar-refractivity contribution >= 4 is 6.29 Å². The van der Waals surface area contributed by atoms with E-state index in [0.29, 0.717) is 24.2 Å². The van der Waals surface area contributed by atoms with E-state index in [1.165, 1.54) is 0 Å². The number of aliphatic hydroxyl groups excluding tert-OH is 2. The fourth-order valence-corrected chi connectivity index (χ4v) is 1.28. The number of carbonyl (C=O) groups is 1. The first kappa shape index (κ1) is 13.5. The predicted molar refractivity (Wildman–Crippen MR) is 61.6 cm³/mol. The van der Waals surface area contributed by atoms with Crippen LogP contribution in [-0.2, 0) is 0 Å². The Morgan fingerprint density at radius 3 is 2.76 bits per heavy atom. The van der Waals surface area contributed by atoms with Crippen LogP contribution in [0.4, 0.5) is 0 Å². The number of hydrogen-bond acceptors (Lipinski definition) is 5. The SMILES string of the molecule is CCOc1cccc(C=O)c1OCC(O)CO. The van der Waals surface area contributed by atoms with Crippen LogP contribution in [0.3, 0.4) is 0 Å². The molecule has 5 nitrogen and oxygen atoms in total. The molecule has 1 aromatic carbocycles. The van der Waals surface area contributed by atoms with Crippen molar-refractivity contribution in [3.8, 4) is 11.5 Å². The number of benzene rings is 1. The van der Waals surface area contributed by atoms with Crippen molar-refractivity contribution in [3.63, 3.8) is 0 Å². The van der Waals surface area contributed by atoms with Crippen LogP contribution in [0, 0.1) is 0 Å². The maximum atomic E-state index is 10.9. The van der Waals surface area contributed by atoms with E-state index >= 15 is 0 Å². The minimum absolute atomic E-state index is 0.0958. The Hall–Kier alpha value is -1.59. The van der Waals surface area contributed by atoms with Crippen LogP contribution in [0.2, 0.25) is 0 Å². The number of carbonyl (C=O) groups excluding carboxylic acids is 1. The largest absolute Gasteiger partial charge is 0.490 e. The van der Waals surface area contributed by atoms with Gasteiger partial charge in [0.15, 0.2) is 17.8 Å². The molecule has 0 heterocycles. The number of para-hydroxylation sites is 1. The summed E-state index contributed by atoms with van der Waals surface area (Å²) in [5.41, 5.74) is 0.348. The molecule has 1 aromatic rings. The summed E-state index contributed by atoms with van der Waals surface area (Å²) < 4.78 is 10.6. The number of hydrogen-bond donors (Lipinski definition) is 2. The maximum absolute atomic E-state index is 10.9. The molecule has 0 aromatic heterocycles. The smallest absolute Gasteiger partial charge is 0.171 e. The van der Waals surface area contributed by atoms with Crippen molar-refractivity contribution in [2.75, 3.05) is 19.8 Å². The van der Waals surface area contributed by atoms with Gasteiger partial charge < -0.3 is 19.7 Å². The number of aliphatic hydroxyl groups is 2. The second-order valence-electron chi connectivity index (χ2n) is 3.37.